The van der Waals surface area contributed by atoms with Crippen molar-refractivity contribution in [2.75, 3.05) is 24.3 Å². The smallest absolute Gasteiger partial charge is 0.327 e. The lowest BCUT2D eigenvalue weighted by Crippen LogP contribution is -2.31. The van der Waals surface area contributed by atoms with Crippen molar-refractivity contribution in [1.82, 2.24) is 9.71 Å². The van der Waals surface area contributed by atoms with Gasteiger partial charge in [-0.25, -0.2) is 27.5 Å². The minimum atomic E-state index is -1.41. The number of amides is 2. The number of thiazole rings is 1. The summed E-state index contributed by atoms with van der Waals surface area (Å²) in [5, 5.41) is 2.66. The fourth-order valence-electron chi connectivity index (χ4n) is 2.30. The normalized spacial score (nSPS) is 11.8. The Morgan fingerprint density at radius 1 is 1.23 bits per heavy atom. The van der Waals surface area contributed by atoms with Gasteiger partial charge in [0.25, 0.3) is 0 Å². The largest absolute Gasteiger partial charge is 0.442 e. The summed E-state index contributed by atoms with van der Waals surface area (Å²) in [6, 6.07) is 7.11. The van der Waals surface area contributed by atoms with E-state index in [9.17, 15) is 22.2 Å². The van der Waals surface area contributed by atoms with E-state index in [1.54, 1.807) is 31.3 Å². The van der Waals surface area contributed by atoms with E-state index in [2.05, 4.69) is 15.0 Å². The van der Waals surface area contributed by atoms with Gasteiger partial charge in [-0.15, -0.1) is 0 Å². The molecule has 1 aromatic heterocycles. The lowest BCUT2D eigenvalue weighted by atomic mass is 10.3. The van der Waals surface area contributed by atoms with Crippen molar-refractivity contribution in [3.8, 4) is 10.8 Å². The summed E-state index contributed by atoms with van der Waals surface area (Å²) in [5.74, 6) is -4.36. The molecule has 0 bridgehead atoms. The summed E-state index contributed by atoms with van der Waals surface area (Å²) in [6.45, 7) is 0. The lowest BCUT2D eigenvalue weighted by molar-refractivity contribution is 0.258. The lowest BCUT2D eigenvalue weighted by Gasteiger charge is -2.17. The third-order valence-electron chi connectivity index (χ3n) is 3.78. The van der Waals surface area contributed by atoms with Gasteiger partial charge in [-0.05, 0) is 25.2 Å². The molecule has 1 atom stereocenters. The molecule has 0 saturated heterocycles. The van der Waals surface area contributed by atoms with Crippen molar-refractivity contribution in [3.63, 3.8) is 0 Å². The molecule has 0 aliphatic heterocycles. The molecule has 2 N–H and O–H groups in total. The number of hydrogen-bond donors (Lipinski definition) is 2. The van der Waals surface area contributed by atoms with Crippen LogP contribution in [-0.2, 0) is 11.0 Å². The first-order valence-corrected chi connectivity index (χ1v) is 10.3. The first-order chi connectivity index (χ1) is 14.3. The Balaban J connectivity index is 1.70. The van der Waals surface area contributed by atoms with Crippen LogP contribution in [0.3, 0.4) is 0 Å². The maximum absolute atomic E-state index is 13.7. The molecule has 3 aromatic rings. The molecule has 1 heterocycles. The molecule has 158 valence electrons. The number of hydrogen-bond acceptors (Lipinski definition) is 5. The van der Waals surface area contributed by atoms with Crippen LogP contribution >= 0.6 is 11.3 Å². The highest BCUT2D eigenvalue weighted by molar-refractivity contribution is 7.83. The number of nitrogens with one attached hydrogen (secondary N) is 2. The van der Waals surface area contributed by atoms with Gasteiger partial charge in [-0.1, -0.05) is 17.4 Å². The molecule has 0 spiro atoms. The minimum absolute atomic E-state index is 0.0169. The van der Waals surface area contributed by atoms with E-state index in [1.807, 2.05) is 0 Å². The van der Waals surface area contributed by atoms with E-state index in [4.69, 9.17) is 4.74 Å². The van der Waals surface area contributed by atoms with E-state index >= 15 is 0 Å². The Kier molecular flexibility index (Phi) is 6.70. The molecular formula is C18H15F3N4O3S2. The summed E-state index contributed by atoms with van der Waals surface area (Å²) in [4.78, 5) is 18.2. The molecule has 0 aliphatic rings. The van der Waals surface area contributed by atoms with Gasteiger partial charge in [0.1, 0.15) is 16.8 Å². The van der Waals surface area contributed by atoms with E-state index in [1.165, 1.54) is 18.1 Å². The second kappa shape index (κ2) is 9.24. The van der Waals surface area contributed by atoms with Crippen LogP contribution in [-0.4, -0.2) is 29.3 Å². The van der Waals surface area contributed by atoms with Crippen LogP contribution in [0, 0.1) is 17.5 Å². The molecule has 0 aliphatic carbocycles. The fourth-order valence-corrected chi connectivity index (χ4v) is 3.63. The van der Waals surface area contributed by atoms with Gasteiger partial charge in [0, 0.05) is 24.9 Å². The van der Waals surface area contributed by atoms with E-state index in [0.717, 1.165) is 11.3 Å². The topological polar surface area (TPSA) is 83.6 Å². The number of nitrogens with zero attached hydrogens (tertiary/aromatic N) is 2. The molecular weight excluding hydrogens is 441 g/mol. The Morgan fingerprint density at radius 3 is 2.73 bits per heavy atom. The highest BCUT2D eigenvalue weighted by Gasteiger charge is 2.17. The Labute approximate surface area is 176 Å². The monoisotopic (exact) mass is 456 g/mol. The molecule has 3 rings (SSSR count). The molecule has 0 saturated carbocycles. The van der Waals surface area contributed by atoms with Gasteiger partial charge in [-0.3, -0.25) is 10.2 Å². The van der Waals surface area contributed by atoms with Gasteiger partial charge >= 0.3 is 6.03 Å². The first kappa shape index (κ1) is 21.7. The zero-order chi connectivity index (χ0) is 21.8. The number of ether oxygens (including phenoxy) is 1. The van der Waals surface area contributed by atoms with Crippen molar-refractivity contribution >= 4 is 39.2 Å². The number of urea groups is 1. The number of benzene rings is 2. The maximum atomic E-state index is 13.7. The van der Waals surface area contributed by atoms with Gasteiger partial charge in [-0.2, -0.15) is 4.39 Å². The predicted molar refractivity (Wildman–Crippen MR) is 108 cm³/mol. The fraction of sp³-hybridized carbons (Fsp3) is 0.111. The van der Waals surface area contributed by atoms with Crippen molar-refractivity contribution in [3.05, 3.63) is 60.0 Å². The summed E-state index contributed by atoms with van der Waals surface area (Å²) in [7, 11) is 1.64. The average molecular weight is 456 g/mol. The van der Waals surface area contributed by atoms with Crippen LogP contribution in [0.1, 0.15) is 0 Å². The van der Waals surface area contributed by atoms with Crippen LogP contribution in [0.15, 0.2) is 47.5 Å². The van der Waals surface area contributed by atoms with E-state index in [-0.39, 0.29) is 10.2 Å². The first-order valence-electron chi connectivity index (χ1n) is 8.30. The summed E-state index contributed by atoms with van der Waals surface area (Å²) < 4.78 is 59.8. The van der Waals surface area contributed by atoms with Crippen LogP contribution in [0.25, 0.3) is 0 Å². The quantitative estimate of drug-likeness (QED) is 0.543. The molecule has 12 heteroatoms. The zero-order valence-corrected chi connectivity index (χ0v) is 17.2. The number of anilines is 2. The molecule has 7 nitrogen and oxygen atoms in total. The average Bonchev–Trinajstić information content (AvgIpc) is 3.17. The van der Waals surface area contributed by atoms with E-state index in [0.29, 0.717) is 22.7 Å². The van der Waals surface area contributed by atoms with Gasteiger partial charge < -0.3 is 4.74 Å². The van der Waals surface area contributed by atoms with Crippen molar-refractivity contribution in [1.29, 1.82) is 0 Å². The molecule has 0 radical (unpaired) electrons. The second-order valence-electron chi connectivity index (χ2n) is 5.75. The minimum Gasteiger partial charge on any atom is -0.442 e. The third kappa shape index (κ3) is 4.96. The predicted octanol–water partition coefficient (Wildman–Crippen LogP) is 4.26. The standard InChI is InChI=1S/C18H15F3N4O3S2/c1-22-30(27)12-5-3-4-11(8-12)25(2)18(26)24-17-23-9-15(29-17)28-14-7-10(19)6-13(20)16(14)21/h3-9,22H,1-2H3,(H,23,24,26). The number of rotatable bonds is 6. The van der Waals surface area contributed by atoms with Crippen molar-refractivity contribution in [2.24, 2.45) is 0 Å². The van der Waals surface area contributed by atoms with Crippen LogP contribution in [0.5, 0.6) is 10.8 Å². The van der Waals surface area contributed by atoms with Crippen molar-refractivity contribution < 1.29 is 26.9 Å². The van der Waals surface area contributed by atoms with Crippen LogP contribution in [0.4, 0.5) is 28.8 Å². The van der Waals surface area contributed by atoms with Crippen molar-refractivity contribution in [2.45, 2.75) is 4.90 Å². The van der Waals surface area contributed by atoms with Gasteiger partial charge in [0.2, 0.25) is 10.9 Å². The molecule has 1 unspecified atom stereocenters. The summed E-state index contributed by atoms with van der Waals surface area (Å²) in [6.07, 6.45) is 1.18. The Bertz CT molecular complexity index is 1110. The highest BCUT2D eigenvalue weighted by Crippen LogP contribution is 2.33. The molecule has 2 aromatic carbocycles. The SMILES string of the molecule is CNS(=O)c1cccc(N(C)C(=O)Nc2ncc(Oc3cc(F)cc(F)c3F)s2)c1. The van der Waals surface area contributed by atoms with Crippen LogP contribution in [0.2, 0.25) is 0 Å². The number of aromatic nitrogens is 1. The molecule has 0 fully saturated rings. The molecule has 30 heavy (non-hydrogen) atoms. The number of carbonyl (C=O) groups is 1. The van der Waals surface area contributed by atoms with Gasteiger partial charge in [0.15, 0.2) is 16.7 Å². The Morgan fingerprint density at radius 2 is 2.00 bits per heavy atom. The number of halogens is 3. The maximum Gasteiger partial charge on any atom is 0.327 e. The Hall–Kier alpha value is -2.96. The number of carbonyl (C=O) groups excluding carboxylic acids is 1. The second-order valence-corrected chi connectivity index (χ2v) is 8.16. The summed E-state index contributed by atoms with van der Waals surface area (Å²) in [5.41, 5.74) is 0.485. The van der Waals surface area contributed by atoms with Crippen LogP contribution < -0.4 is 19.7 Å². The van der Waals surface area contributed by atoms with Gasteiger partial charge in [0.05, 0.1) is 11.1 Å². The summed E-state index contributed by atoms with van der Waals surface area (Å²) >= 11 is 0.839. The van der Waals surface area contributed by atoms with E-state index < -0.39 is 40.2 Å². The zero-order valence-electron chi connectivity index (χ0n) is 15.6. The molecule has 2 amide bonds. The highest BCUT2D eigenvalue weighted by atomic mass is 32.2. The third-order valence-corrected chi connectivity index (χ3v) is 5.62.